The van der Waals surface area contributed by atoms with Crippen molar-refractivity contribution in [2.45, 2.75) is 25.4 Å². The summed E-state index contributed by atoms with van der Waals surface area (Å²) in [4.78, 5) is 24.6. The number of amides is 1. The van der Waals surface area contributed by atoms with Crippen molar-refractivity contribution in [2.75, 3.05) is 20.0 Å². The first-order chi connectivity index (χ1) is 14.9. The van der Waals surface area contributed by atoms with E-state index in [1.165, 1.54) is 22.5 Å². The van der Waals surface area contributed by atoms with Crippen LogP contribution in [0.4, 0.5) is 0 Å². The SMILES string of the molecule is COc1ccc(OC)c(CNC(=O)CSc2ccc(=O)n(-c3ccc(C)c(C)c3)n2)c1. The maximum absolute atomic E-state index is 12.3. The summed E-state index contributed by atoms with van der Waals surface area (Å²) in [5, 5.41) is 7.87. The molecule has 1 heterocycles. The highest BCUT2D eigenvalue weighted by molar-refractivity contribution is 7.99. The number of aryl methyl sites for hydroxylation is 2. The molecule has 0 bridgehead atoms. The number of methoxy groups -OCH3 is 2. The number of nitrogens with one attached hydrogen (secondary N) is 1. The van der Waals surface area contributed by atoms with E-state index in [0.29, 0.717) is 28.8 Å². The maximum Gasteiger partial charge on any atom is 0.271 e. The van der Waals surface area contributed by atoms with Crippen LogP contribution in [0.1, 0.15) is 16.7 Å². The summed E-state index contributed by atoms with van der Waals surface area (Å²) >= 11 is 1.27. The molecule has 1 N–H and O–H groups in total. The van der Waals surface area contributed by atoms with Gasteiger partial charge in [-0.05, 0) is 61.4 Å². The van der Waals surface area contributed by atoms with Crippen molar-refractivity contribution in [3.63, 3.8) is 0 Å². The van der Waals surface area contributed by atoms with Gasteiger partial charge in [0.1, 0.15) is 16.5 Å². The smallest absolute Gasteiger partial charge is 0.271 e. The molecule has 0 aliphatic rings. The first kappa shape index (κ1) is 22.4. The van der Waals surface area contributed by atoms with Gasteiger partial charge >= 0.3 is 0 Å². The van der Waals surface area contributed by atoms with E-state index in [4.69, 9.17) is 9.47 Å². The molecule has 0 aliphatic carbocycles. The van der Waals surface area contributed by atoms with Crippen molar-refractivity contribution in [3.8, 4) is 17.2 Å². The van der Waals surface area contributed by atoms with Crippen LogP contribution in [-0.4, -0.2) is 35.7 Å². The van der Waals surface area contributed by atoms with Crippen molar-refractivity contribution in [1.82, 2.24) is 15.1 Å². The molecule has 0 fully saturated rings. The van der Waals surface area contributed by atoms with E-state index >= 15 is 0 Å². The van der Waals surface area contributed by atoms with Gasteiger partial charge in [0.25, 0.3) is 5.56 Å². The largest absolute Gasteiger partial charge is 0.497 e. The summed E-state index contributed by atoms with van der Waals surface area (Å²) in [6, 6.07) is 14.3. The molecule has 3 rings (SSSR count). The highest BCUT2D eigenvalue weighted by Crippen LogP contribution is 2.24. The van der Waals surface area contributed by atoms with Crippen LogP contribution >= 0.6 is 11.8 Å². The molecule has 8 heteroatoms. The van der Waals surface area contributed by atoms with Crippen LogP contribution in [-0.2, 0) is 11.3 Å². The lowest BCUT2D eigenvalue weighted by Crippen LogP contribution is -2.25. The van der Waals surface area contributed by atoms with Gasteiger partial charge in [-0.25, -0.2) is 0 Å². The minimum atomic E-state index is -0.220. The molecule has 162 valence electrons. The molecular formula is C23H25N3O4S. The number of aromatic nitrogens is 2. The van der Waals surface area contributed by atoms with Crippen LogP contribution in [0, 0.1) is 13.8 Å². The molecular weight excluding hydrogens is 414 g/mol. The van der Waals surface area contributed by atoms with Gasteiger partial charge in [-0.1, -0.05) is 17.8 Å². The summed E-state index contributed by atoms with van der Waals surface area (Å²) < 4.78 is 11.9. The second-order valence-electron chi connectivity index (χ2n) is 6.93. The fourth-order valence-electron chi connectivity index (χ4n) is 2.92. The summed E-state index contributed by atoms with van der Waals surface area (Å²) in [6.07, 6.45) is 0. The van der Waals surface area contributed by atoms with Gasteiger partial charge in [0, 0.05) is 18.2 Å². The van der Waals surface area contributed by atoms with Crippen LogP contribution in [0.2, 0.25) is 0 Å². The zero-order valence-electron chi connectivity index (χ0n) is 18.0. The molecule has 0 radical (unpaired) electrons. The van der Waals surface area contributed by atoms with Gasteiger partial charge in [-0.3, -0.25) is 9.59 Å². The number of rotatable bonds is 8. The third-order valence-electron chi connectivity index (χ3n) is 4.83. The minimum Gasteiger partial charge on any atom is -0.497 e. The Labute approximate surface area is 185 Å². The molecule has 3 aromatic rings. The third-order valence-corrected chi connectivity index (χ3v) is 5.75. The summed E-state index contributed by atoms with van der Waals surface area (Å²) in [5.41, 5.74) is 3.53. The molecule has 0 saturated carbocycles. The monoisotopic (exact) mass is 439 g/mol. The van der Waals surface area contributed by atoms with Gasteiger partial charge < -0.3 is 14.8 Å². The lowest BCUT2D eigenvalue weighted by Gasteiger charge is -2.11. The van der Waals surface area contributed by atoms with Gasteiger partial charge in [0.05, 0.1) is 25.7 Å². The fraction of sp³-hybridized carbons (Fsp3) is 0.261. The Balaban J connectivity index is 1.64. The zero-order chi connectivity index (χ0) is 22.4. The normalized spacial score (nSPS) is 10.6. The quantitative estimate of drug-likeness (QED) is 0.543. The number of nitrogens with zero attached hydrogens (tertiary/aromatic N) is 2. The zero-order valence-corrected chi connectivity index (χ0v) is 18.8. The van der Waals surface area contributed by atoms with Gasteiger partial charge in [0.15, 0.2) is 0 Å². The van der Waals surface area contributed by atoms with Crippen molar-refractivity contribution < 1.29 is 14.3 Å². The van der Waals surface area contributed by atoms with E-state index in [0.717, 1.165) is 16.7 Å². The Bertz CT molecular complexity index is 1140. The van der Waals surface area contributed by atoms with E-state index in [2.05, 4.69) is 10.4 Å². The highest BCUT2D eigenvalue weighted by atomic mass is 32.2. The number of hydrogen-bond donors (Lipinski definition) is 1. The Morgan fingerprint density at radius 3 is 2.55 bits per heavy atom. The first-order valence-electron chi connectivity index (χ1n) is 9.69. The molecule has 0 atom stereocenters. The summed E-state index contributed by atoms with van der Waals surface area (Å²) in [6.45, 7) is 4.32. The van der Waals surface area contributed by atoms with Crippen LogP contribution in [0.3, 0.4) is 0 Å². The fourth-order valence-corrected chi connectivity index (χ4v) is 3.60. The predicted octanol–water partition coefficient (Wildman–Crippen LogP) is 3.28. The molecule has 1 aromatic heterocycles. The molecule has 2 aromatic carbocycles. The van der Waals surface area contributed by atoms with E-state index in [9.17, 15) is 9.59 Å². The minimum absolute atomic E-state index is 0.152. The highest BCUT2D eigenvalue weighted by Gasteiger charge is 2.10. The molecule has 0 spiro atoms. The van der Waals surface area contributed by atoms with Crippen LogP contribution in [0.25, 0.3) is 5.69 Å². The van der Waals surface area contributed by atoms with Crippen LogP contribution < -0.4 is 20.3 Å². The number of benzene rings is 2. The number of carbonyl (C=O) groups is 1. The summed E-state index contributed by atoms with van der Waals surface area (Å²) in [7, 11) is 3.17. The van der Waals surface area contributed by atoms with Crippen molar-refractivity contribution in [2.24, 2.45) is 0 Å². The molecule has 1 amide bonds. The van der Waals surface area contributed by atoms with E-state index < -0.39 is 0 Å². The number of ether oxygens (including phenoxy) is 2. The number of carbonyl (C=O) groups excluding carboxylic acids is 1. The van der Waals surface area contributed by atoms with Gasteiger partial charge in [-0.15, -0.1) is 0 Å². The number of hydrogen-bond acceptors (Lipinski definition) is 6. The van der Waals surface area contributed by atoms with E-state index in [1.807, 2.05) is 38.1 Å². The van der Waals surface area contributed by atoms with Crippen molar-refractivity contribution in [1.29, 1.82) is 0 Å². The Kier molecular flexibility index (Phi) is 7.36. The van der Waals surface area contributed by atoms with E-state index in [1.54, 1.807) is 32.4 Å². The second kappa shape index (κ2) is 10.2. The molecule has 0 unspecified atom stereocenters. The molecule has 0 aliphatic heterocycles. The average molecular weight is 440 g/mol. The molecule has 31 heavy (non-hydrogen) atoms. The van der Waals surface area contributed by atoms with Crippen molar-refractivity contribution in [3.05, 3.63) is 75.6 Å². The third kappa shape index (κ3) is 5.67. The first-order valence-corrected chi connectivity index (χ1v) is 10.7. The maximum atomic E-state index is 12.3. The van der Waals surface area contributed by atoms with Crippen molar-refractivity contribution >= 4 is 17.7 Å². The standard InChI is InChI=1S/C23H25N3O4S/c1-15-5-6-18(11-16(15)2)26-23(28)10-9-22(25-26)31-14-21(27)24-13-17-12-19(29-3)7-8-20(17)30-4/h5-12H,13-14H2,1-4H3,(H,24,27). The van der Waals surface area contributed by atoms with Crippen LogP contribution in [0.15, 0.2) is 58.4 Å². The lowest BCUT2D eigenvalue weighted by atomic mass is 10.1. The Morgan fingerprint density at radius 2 is 1.84 bits per heavy atom. The Morgan fingerprint density at radius 1 is 1.03 bits per heavy atom. The van der Waals surface area contributed by atoms with Gasteiger partial charge in [-0.2, -0.15) is 9.78 Å². The molecule has 0 saturated heterocycles. The second-order valence-corrected chi connectivity index (χ2v) is 7.93. The van der Waals surface area contributed by atoms with E-state index in [-0.39, 0.29) is 17.2 Å². The predicted molar refractivity (Wildman–Crippen MR) is 121 cm³/mol. The molecule has 7 nitrogen and oxygen atoms in total. The number of thioether (sulfide) groups is 1. The van der Waals surface area contributed by atoms with Crippen LogP contribution in [0.5, 0.6) is 11.5 Å². The summed E-state index contributed by atoms with van der Waals surface area (Å²) in [5.74, 6) is 1.39. The van der Waals surface area contributed by atoms with Gasteiger partial charge in [0.2, 0.25) is 5.91 Å². The lowest BCUT2D eigenvalue weighted by molar-refractivity contribution is -0.118. The Hall–Kier alpha value is -3.26. The topological polar surface area (TPSA) is 82.5 Å². The average Bonchev–Trinajstić information content (AvgIpc) is 2.78.